The summed E-state index contributed by atoms with van der Waals surface area (Å²) >= 11 is 3.21. The Labute approximate surface area is 157 Å². The number of nitrogen functional groups attached to an aromatic ring is 1. The summed E-state index contributed by atoms with van der Waals surface area (Å²) in [6.45, 7) is -0.624. The van der Waals surface area contributed by atoms with Crippen LogP contribution in [0, 0.1) is 0 Å². The average Bonchev–Trinajstić information content (AvgIpc) is 2.62. The third kappa shape index (κ3) is 5.49. The molecule has 0 saturated carbocycles. The minimum Gasteiger partial charge on any atom is -0.497 e. The Kier molecular flexibility index (Phi) is 6.56. The standard InChI is InChI=1S/C17H16BrN3O5/c1-25-12-5-3-11(4-6-12)20-17(24)21-15(22)9-26-16(23)13-8-10(18)2-7-14(13)19/h2-8H,9,19H2,1H3,(H2,20,21,22,24). The van der Waals surface area contributed by atoms with Gasteiger partial charge in [0, 0.05) is 15.8 Å². The van der Waals surface area contributed by atoms with Gasteiger partial charge in [-0.1, -0.05) is 15.9 Å². The first-order valence-electron chi connectivity index (χ1n) is 7.36. The number of methoxy groups -OCH3 is 1. The molecule has 136 valence electrons. The maximum Gasteiger partial charge on any atom is 0.340 e. The summed E-state index contributed by atoms with van der Waals surface area (Å²) in [5, 5.41) is 4.52. The Morgan fingerprint density at radius 2 is 1.81 bits per heavy atom. The van der Waals surface area contributed by atoms with Crippen LogP contribution in [0.4, 0.5) is 16.2 Å². The summed E-state index contributed by atoms with van der Waals surface area (Å²) in [4.78, 5) is 35.4. The summed E-state index contributed by atoms with van der Waals surface area (Å²) in [7, 11) is 1.52. The smallest absolute Gasteiger partial charge is 0.340 e. The summed E-state index contributed by atoms with van der Waals surface area (Å²) < 4.78 is 10.5. The van der Waals surface area contributed by atoms with Crippen LogP contribution in [0.5, 0.6) is 5.75 Å². The van der Waals surface area contributed by atoms with Crippen LogP contribution in [0.2, 0.25) is 0 Å². The fourth-order valence-electron chi connectivity index (χ4n) is 1.91. The normalized spacial score (nSPS) is 9.92. The van der Waals surface area contributed by atoms with E-state index in [-0.39, 0.29) is 11.3 Å². The van der Waals surface area contributed by atoms with E-state index in [2.05, 4.69) is 26.6 Å². The van der Waals surface area contributed by atoms with Crippen molar-refractivity contribution in [1.82, 2.24) is 5.32 Å². The molecule has 3 amide bonds. The lowest BCUT2D eigenvalue weighted by Crippen LogP contribution is -2.37. The highest BCUT2D eigenvalue weighted by molar-refractivity contribution is 9.10. The first-order valence-corrected chi connectivity index (χ1v) is 8.15. The van der Waals surface area contributed by atoms with E-state index in [1.54, 1.807) is 30.3 Å². The number of urea groups is 1. The van der Waals surface area contributed by atoms with Crippen LogP contribution in [0.1, 0.15) is 10.4 Å². The summed E-state index contributed by atoms with van der Waals surface area (Å²) in [5.41, 5.74) is 6.50. The van der Waals surface area contributed by atoms with Gasteiger partial charge in [0.1, 0.15) is 5.75 Å². The van der Waals surface area contributed by atoms with E-state index in [1.807, 2.05) is 0 Å². The fraction of sp³-hybridized carbons (Fsp3) is 0.118. The summed E-state index contributed by atoms with van der Waals surface area (Å²) in [5.74, 6) is -0.918. The summed E-state index contributed by atoms with van der Waals surface area (Å²) in [6.07, 6.45) is 0. The van der Waals surface area contributed by atoms with Crippen LogP contribution in [0.25, 0.3) is 0 Å². The van der Waals surface area contributed by atoms with Crippen molar-refractivity contribution < 1.29 is 23.9 Å². The molecule has 0 heterocycles. The Morgan fingerprint density at radius 3 is 2.46 bits per heavy atom. The van der Waals surface area contributed by atoms with Crippen molar-refractivity contribution in [1.29, 1.82) is 0 Å². The molecular weight excluding hydrogens is 406 g/mol. The number of hydrogen-bond donors (Lipinski definition) is 3. The maximum absolute atomic E-state index is 11.9. The van der Waals surface area contributed by atoms with Gasteiger partial charge >= 0.3 is 12.0 Å². The number of amides is 3. The second-order valence-electron chi connectivity index (χ2n) is 5.04. The number of ether oxygens (including phenoxy) is 2. The Morgan fingerprint density at radius 1 is 1.12 bits per heavy atom. The molecule has 0 atom stereocenters. The number of rotatable bonds is 5. The molecule has 2 aromatic rings. The van der Waals surface area contributed by atoms with Gasteiger partial charge in [-0.15, -0.1) is 0 Å². The van der Waals surface area contributed by atoms with Crippen LogP contribution in [-0.2, 0) is 9.53 Å². The maximum atomic E-state index is 11.9. The fourth-order valence-corrected chi connectivity index (χ4v) is 2.27. The van der Waals surface area contributed by atoms with Crippen molar-refractivity contribution in [3.8, 4) is 5.75 Å². The first kappa shape index (κ1) is 19.3. The van der Waals surface area contributed by atoms with Crippen molar-refractivity contribution in [3.63, 3.8) is 0 Å². The van der Waals surface area contributed by atoms with Crippen molar-refractivity contribution in [2.24, 2.45) is 0 Å². The number of hydrogen-bond acceptors (Lipinski definition) is 6. The zero-order valence-corrected chi connectivity index (χ0v) is 15.3. The molecule has 0 bridgehead atoms. The second-order valence-corrected chi connectivity index (χ2v) is 5.95. The number of benzene rings is 2. The number of nitrogens with one attached hydrogen (secondary N) is 2. The van der Waals surface area contributed by atoms with Gasteiger partial charge in [-0.2, -0.15) is 0 Å². The Balaban J connectivity index is 1.83. The number of carbonyl (C=O) groups excluding carboxylic acids is 3. The second kappa shape index (κ2) is 8.86. The van der Waals surface area contributed by atoms with Gasteiger partial charge in [0.2, 0.25) is 0 Å². The van der Waals surface area contributed by atoms with Gasteiger partial charge in [0.05, 0.1) is 12.7 Å². The number of imide groups is 1. The third-order valence-electron chi connectivity index (χ3n) is 3.17. The van der Waals surface area contributed by atoms with Crippen LogP contribution < -0.4 is 21.1 Å². The molecule has 8 nitrogen and oxygen atoms in total. The minimum atomic E-state index is -0.780. The molecule has 4 N–H and O–H groups in total. The van der Waals surface area contributed by atoms with Gasteiger partial charge in [-0.05, 0) is 42.5 Å². The molecule has 0 saturated heterocycles. The van der Waals surface area contributed by atoms with Crippen molar-refractivity contribution in [2.45, 2.75) is 0 Å². The van der Waals surface area contributed by atoms with Crippen LogP contribution >= 0.6 is 15.9 Å². The third-order valence-corrected chi connectivity index (χ3v) is 3.66. The molecule has 2 rings (SSSR count). The van der Waals surface area contributed by atoms with Crippen LogP contribution in [-0.4, -0.2) is 31.6 Å². The Bertz CT molecular complexity index is 824. The van der Waals surface area contributed by atoms with Gasteiger partial charge < -0.3 is 20.5 Å². The molecule has 0 aliphatic heterocycles. The molecule has 0 radical (unpaired) electrons. The predicted octanol–water partition coefficient (Wildman–Crippen LogP) is 2.54. The highest BCUT2D eigenvalue weighted by atomic mass is 79.9. The topological polar surface area (TPSA) is 120 Å². The van der Waals surface area contributed by atoms with Crippen LogP contribution in [0.3, 0.4) is 0 Å². The van der Waals surface area contributed by atoms with E-state index >= 15 is 0 Å². The lowest BCUT2D eigenvalue weighted by atomic mass is 10.2. The lowest BCUT2D eigenvalue weighted by molar-refractivity contribution is -0.123. The number of halogens is 1. The first-order chi connectivity index (χ1) is 12.4. The molecule has 0 aliphatic carbocycles. The minimum absolute atomic E-state index is 0.120. The van der Waals surface area contributed by atoms with Crippen LogP contribution in [0.15, 0.2) is 46.9 Å². The molecular formula is C17H16BrN3O5. The molecule has 26 heavy (non-hydrogen) atoms. The molecule has 0 aliphatic rings. The van der Waals surface area contributed by atoms with Crippen molar-refractivity contribution in [3.05, 3.63) is 52.5 Å². The average molecular weight is 422 g/mol. The van der Waals surface area contributed by atoms with Gasteiger partial charge in [-0.25, -0.2) is 9.59 Å². The van der Waals surface area contributed by atoms with E-state index < -0.39 is 24.5 Å². The van der Waals surface area contributed by atoms with Gasteiger partial charge in [0.15, 0.2) is 6.61 Å². The molecule has 0 unspecified atom stereocenters. The van der Waals surface area contributed by atoms with Crippen molar-refractivity contribution in [2.75, 3.05) is 24.8 Å². The Hall–Kier alpha value is -3.07. The van der Waals surface area contributed by atoms with Gasteiger partial charge in [0.25, 0.3) is 5.91 Å². The molecule has 0 fully saturated rings. The summed E-state index contributed by atoms with van der Waals surface area (Å²) in [6, 6.07) is 10.5. The SMILES string of the molecule is COc1ccc(NC(=O)NC(=O)COC(=O)c2cc(Br)ccc2N)cc1. The highest BCUT2D eigenvalue weighted by Gasteiger charge is 2.15. The predicted molar refractivity (Wildman–Crippen MR) is 99.0 cm³/mol. The molecule has 2 aromatic carbocycles. The lowest BCUT2D eigenvalue weighted by Gasteiger charge is -2.09. The number of esters is 1. The molecule has 0 spiro atoms. The number of nitrogens with two attached hydrogens (primary N) is 1. The van der Waals surface area contributed by atoms with E-state index in [1.165, 1.54) is 19.2 Å². The zero-order valence-electron chi connectivity index (χ0n) is 13.7. The monoisotopic (exact) mass is 421 g/mol. The number of carbonyl (C=O) groups is 3. The highest BCUT2D eigenvalue weighted by Crippen LogP contribution is 2.19. The quantitative estimate of drug-likeness (QED) is 0.503. The van der Waals surface area contributed by atoms with Crippen molar-refractivity contribution >= 4 is 45.2 Å². The van der Waals surface area contributed by atoms with E-state index in [4.69, 9.17) is 15.2 Å². The zero-order chi connectivity index (χ0) is 19.1. The van der Waals surface area contributed by atoms with E-state index in [9.17, 15) is 14.4 Å². The van der Waals surface area contributed by atoms with E-state index in [0.717, 1.165) is 0 Å². The number of anilines is 2. The van der Waals surface area contributed by atoms with Gasteiger partial charge in [-0.3, -0.25) is 10.1 Å². The molecule has 0 aromatic heterocycles. The largest absolute Gasteiger partial charge is 0.497 e. The van der Waals surface area contributed by atoms with E-state index in [0.29, 0.717) is 15.9 Å². The molecule has 9 heteroatoms.